The van der Waals surface area contributed by atoms with Crippen molar-refractivity contribution in [3.8, 4) is 0 Å². The van der Waals surface area contributed by atoms with Gasteiger partial charge in [-0.25, -0.2) is 4.57 Å². The summed E-state index contributed by atoms with van der Waals surface area (Å²) in [7, 11) is 0. The zero-order valence-electron chi connectivity index (χ0n) is 9.91. The van der Waals surface area contributed by atoms with Gasteiger partial charge in [0.25, 0.3) is 0 Å². The molecule has 0 saturated carbocycles. The molecule has 1 aromatic rings. The van der Waals surface area contributed by atoms with E-state index in [9.17, 15) is 0 Å². The molecule has 0 aliphatic heterocycles. The molecule has 0 aromatic carbocycles. The molecular weight excluding hydrogens is 208 g/mol. The predicted molar refractivity (Wildman–Crippen MR) is 59.2 cm³/mol. The second-order valence-electron chi connectivity index (χ2n) is 3.56. The monoisotopic (exact) mass is 228 g/mol. The summed E-state index contributed by atoms with van der Waals surface area (Å²) in [4.78, 5) is 2.44. The number of nitrogens with zero attached hydrogens (tertiary/aromatic N) is 2. The van der Waals surface area contributed by atoms with E-state index in [-0.39, 0.29) is 12.4 Å². The number of aryl methyl sites for hydroxylation is 1. The highest BCUT2D eigenvalue weighted by molar-refractivity contribution is 4.93. The van der Waals surface area contributed by atoms with E-state index in [2.05, 4.69) is 54.6 Å². The third-order valence-electron chi connectivity index (χ3n) is 2.72. The zero-order valence-corrected chi connectivity index (χ0v) is 10.7. The third-order valence-corrected chi connectivity index (χ3v) is 2.72. The maximum atomic E-state index is 2.44. The van der Waals surface area contributed by atoms with E-state index in [1.165, 1.54) is 5.69 Å². The van der Waals surface area contributed by atoms with Gasteiger partial charge in [0, 0.05) is 19.1 Å². The van der Waals surface area contributed by atoms with E-state index in [0.717, 1.165) is 26.2 Å². The van der Waals surface area contributed by atoms with Crippen molar-refractivity contribution < 1.29 is 17.0 Å². The summed E-state index contributed by atoms with van der Waals surface area (Å²) in [6, 6.07) is 6.33. The lowest BCUT2D eigenvalue weighted by molar-refractivity contribution is -0.702. The molecule has 0 radical (unpaired) electrons. The normalized spacial score (nSPS) is 10.1. The molecule has 0 saturated heterocycles. The van der Waals surface area contributed by atoms with Crippen LogP contribution in [0.15, 0.2) is 24.4 Å². The van der Waals surface area contributed by atoms with Crippen molar-refractivity contribution in [2.45, 2.75) is 27.3 Å². The number of hydrogen-bond acceptors (Lipinski definition) is 1. The predicted octanol–water partition coefficient (Wildman–Crippen LogP) is -1.37. The smallest absolute Gasteiger partial charge is 0.178 e. The van der Waals surface area contributed by atoms with E-state index in [0.29, 0.717) is 0 Å². The summed E-state index contributed by atoms with van der Waals surface area (Å²) in [5, 5.41) is 0. The summed E-state index contributed by atoms with van der Waals surface area (Å²) < 4.78 is 2.30. The maximum absolute atomic E-state index is 2.44. The van der Waals surface area contributed by atoms with Gasteiger partial charge in [-0.1, -0.05) is 19.9 Å². The van der Waals surface area contributed by atoms with Crippen molar-refractivity contribution in [3.63, 3.8) is 0 Å². The first-order chi connectivity index (χ1) is 6.77. The van der Waals surface area contributed by atoms with Gasteiger partial charge in [0.2, 0.25) is 0 Å². The van der Waals surface area contributed by atoms with E-state index in [4.69, 9.17) is 0 Å². The largest absolute Gasteiger partial charge is 1.00 e. The van der Waals surface area contributed by atoms with Crippen LogP contribution in [-0.4, -0.2) is 24.5 Å². The fourth-order valence-corrected chi connectivity index (χ4v) is 1.60. The van der Waals surface area contributed by atoms with E-state index in [1.54, 1.807) is 0 Å². The minimum Gasteiger partial charge on any atom is -1.00 e. The van der Waals surface area contributed by atoms with Crippen LogP contribution in [0.5, 0.6) is 0 Å². The van der Waals surface area contributed by atoms with E-state index < -0.39 is 0 Å². The highest BCUT2D eigenvalue weighted by atomic mass is 35.5. The van der Waals surface area contributed by atoms with Crippen LogP contribution in [0.4, 0.5) is 0 Å². The van der Waals surface area contributed by atoms with Gasteiger partial charge in [-0.15, -0.1) is 0 Å². The molecule has 15 heavy (non-hydrogen) atoms. The van der Waals surface area contributed by atoms with Crippen molar-refractivity contribution in [1.29, 1.82) is 0 Å². The summed E-state index contributed by atoms with van der Waals surface area (Å²) in [6.07, 6.45) is 2.15. The summed E-state index contributed by atoms with van der Waals surface area (Å²) >= 11 is 0. The van der Waals surface area contributed by atoms with Crippen LogP contribution in [0.3, 0.4) is 0 Å². The van der Waals surface area contributed by atoms with Crippen LogP contribution in [0, 0.1) is 6.92 Å². The Hall–Kier alpha value is -0.600. The molecule has 0 atom stereocenters. The Morgan fingerprint density at radius 1 is 1.20 bits per heavy atom. The summed E-state index contributed by atoms with van der Waals surface area (Å²) in [5.74, 6) is 0. The first kappa shape index (κ1) is 14.4. The molecule has 1 rings (SSSR count). The average molecular weight is 229 g/mol. The van der Waals surface area contributed by atoms with Gasteiger partial charge in [0.15, 0.2) is 18.4 Å². The number of hydrogen-bond donors (Lipinski definition) is 0. The number of likely N-dealkylation sites (N-methyl/N-ethyl adjacent to an activating group) is 1. The highest BCUT2D eigenvalue weighted by Crippen LogP contribution is 1.90. The third kappa shape index (κ3) is 4.63. The lowest BCUT2D eigenvalue weighted by atomic mass is 10.3. The van der Waals surface area contributed by atoms with Gasteiger partial charge < -0.3 is 12.4 Å². The van der Waals surface area contributed by atoms with Crippen molar-refractivity contribution in [2.24, 2.45) is 0 Å². The van der Waals surface area contributed by atoms with Gasteiger partial charge in [-0.2, -0.15) is 0 Å². The second kappa shape index (κ2) is 7.66. The van der Waals surface area contributed by atoms with E-state index >= 15 is 0 Å². The fraction of sp³-hybridized carbons (Fsp3) is 0.583. The number of pyridine rings is 1. The van der Waals surface area contributed by atoms with Crippen LogP contribution < -0.4 is 17.0 Å². The molecule has 0 unspecified atom stereocenters. The van der Waals surface area contributed by atoms with Gasteiger partial charge in [0.1, 0.15) is 0 Å². The molecular formula is C12H21ClN2. The van der Waals surface area contributed by atoms with Crippen LogP contribution in [0.25, 0.3) is 0 Å². The molecule has 2 nitrogen and oxygen atoms in total. The van der Waals surface area contributed by atoms with Gasteiger partial charge in [-0.05, 0) is 13.1 Å². The SMILES string of the molecule is CCN(CC)CC[n+]1ccccc1C.[Cl-]. The molecule has 1 heterocycles. The van der Waals surface area contributed by atoms with Gasteiger partial charge in [0.05, 0.1) is 6.54 Å². The molecule has 0 aliphatic rings. The van der Waals surface area contributed by atoms with Crippen LogP contribution in [0.2, 0.25) is 0 Å². The van der Waals surface area contributed by atoms with Crippen LogP contribution >= 0.6 is 0 Å². The first-order valence-corrected chi connectivity index (χ1v) is 5.45. The zero-order chi connectivity index (χ0) is 10.4. The quantitative estimate of drug-likeness (QED) is 0.565. The lowest BCUT2D eigenvalue weighted by Crippen LogP contribution is -3.00. The first-order valence-electron chi connectivity index (χ1n) is 5.45. The fourth-order valence-electron chi connectivity index (χ4n) is 1.60. The maximum Gasteiger partial charge on any atom is 0.178 e. The van der Waals surface area contributed by atoms with Crippen molar-refractivity contribution in [2.75, 3.05) is 19.6 Å². The van der Waals surface area contributed by atoms with Gasteiger partial charge in [-0.3, -0.25) is 4.90 Å². The number of halogens is 1. The van der Waals surface area contributed by atoms with Crippen LogP contribution in [0.1, 0.15) is 19.5 Å². The standard InChI is InChI=1S/C12H21N2.ClH/c1-4-13(5-2)10-11-14-9-7-6-8-12(14)3;/h6-9H,4-5,10-11H2,1-3H3;1H/q+1;/p-1. The molecule has 0 spiro atoms. The van der Waals surface area contributed by atoms with Crippen molar-refractivity contribution in [1.82, 2.24) is 4.90 Å². The lowest BCUT2D eigenvalue weighted by Gasteiger charge is -2.15. The highest BCUT2D eigenvalue weighted by Gasteiger charge is 2.06. The Labute approximate surface area is 99.3 Å². The Balaban J connectivity index is 0.00000196. The molecule has 0 amide bonds. The number of aromatic nitrogens is 1. The summed E-state index contributed by atoms with van der Waals surface area (Å²) in [5.41, 5.74) is 1.33. The topological polar surface area (TPSA) is 7.12 Å². The number of rotatable bonds is 5. The second-order valence-corrected chi connectivity index (χ2v) is 3.56. The molecule has 3 heteroatoms. The minimum absolute atomic E-state index is 0. The molecule has 0 fully saturated rings. The van der Waals surface area contributed by atoms with E-state index in [1.807, 2.05) is 0 Å². The Morgan fingerprint density at radius 3 is 2.40 bits per heavy atom. The minimum atomic E-state index is 0. The molecule has 0 bridgehead atoms. The average Bonchev–Trinajstić information content (AvgIpc) is 2.22. The van der Waals surface area contributed by atoms with Crippen LogP contribution in [-0.2, 0) is 6.54 Å². The molecule has 0 aliphatic carbocycles. The molecule has 86 valence electrons. The Bertz CT molecular complexity index is 272. The molecule has 1 aromatic heterocycles. The Morgan fingerprint density at radius 2 is 1.87 bits per heavy atom. The van der Waals surface area contributed by atoms with Crippen molar-refractivity contribution in [3.05, 3.63) is 30.1 Å². The van der Waals surface area contributed by atoms with Gasteiger partial charge >= 0.3 is 0 Å². The van der Waals surface area contributed by atoms with Crippen molar-refractivity contribution >= 4 is 0 Å². The molecule has 0 N–H and O–H groups in total. The summed E-state index contributed by atoms with van der Waals surface area (Å²) in [6.45, 7) is 11.1. The Kier molecular flexibility index (Phi) is 7.35.